The third kappa shape index (κ3) is 5.78. The summed E-state index contributed by atoms with van der Waals surface area (Å²) in [4.78, 5) is 24.8. The number of pyridine rings is 2. The van der Waals surface area contributed by atoms with Gasteiger partial charge in [-0.3, -0.25) is 9.89 Å². The molecule has 0 aliphatic carbocycles. The van der Waals surface area contributed by atoms with Gasteiger partial charge < -0.3 is 20.3 Å². The van der Waals surface area contributed by atoms with Gasteiger partial charge in [0, 0.05) is 63.2 Å². The highest BCUT2D eigenvalue weighted by molar-refractivity contribution is 5.85. The molecular weight excluding hydrogens is 494 g/mol. The highest BCUT2D eigenvalue weighted by atomic mass is 16.5. The van der Waals surface area contributed by atoms with E-state index in [1.54, 1.807) is 13.3 Å². The SMILES string of the molecule is COC1(C(=O)NCc2ccc(-n3nc(C)cc3C)nc2)CCN(c2cc(C)cc(Nc3cc(C)[nH]n3)n2)CC1. The van der Waals surface area contributed by atoms with E-state index >= 15 is 0 Å². The standard InChI is InChI=1S/C28H35N9O2/c1-18-12-23(31-24-15-19(2)33-34-24)32-26(13-18)36-10-8-28(39-5,9-11-36)27(38)30-17-22-6-7-25(29-16-22)37-21(4)14-20(3)35-37/h6-7,12-16H,8-11,17H2,1-5H3,(H,30,38)(H2,31,32,33,34). The smallest absolute Gasteiger partial charge is 0.252 e. The minimum absolute atomic E-state index is 0.110. The molecule has 0 spiro atoms. The van der Waals surface area contributed by atoms with E-state index in [9.17, 15) is 4.79 Å². The van der Waals surface area contributed by atoms with Gasteiger partial charge in [0.1, 0.15) is 17.2 Å². The van der Waals surface area contributed by atoms with Crippen molar-refractivity contribution in [2.45, 2.75) is 52.7 Å². The zero-order chi connectivity index (χ0) is 27.6. The Labute approximate surface area is 228 Å². The van der Waals surface area contributed by atoms with Gasteiger partial charge in [0.15, 0.2) is 11.6 Å². The highest BCUT2D eigenvalue weighted by Gasteiger charge is 2.41. The summed E-state index contributed by atoms with van der Waals surface area (Å²) in [7, 11) is 1.61. The fourth-order valence-corrected chi connectivity index (χ4v) is 4.96. The molecule has 5 heterocycles. The predicted molar refractivity (Wildman–Crippen MR) is 149 cm³/mol. The van der Waals surface area contributed by atoms with Crippen LogP contribution in [0.3, 0.4) is 0 Å². The lowest BCUT2D eigenvalue weighted by atomic mass is 9.90. The number of amides is 1. The van der Waals surface area contributed by atoms with Crippen LogP contribution in [0.25, 0.3) is 5.82 Å². The second-order valence-electron chi connectivity index (χ2n) is 10.2. The van der Waals surface area contributed by atoms with Crippen molar-refractivity contribution in [3.05, 3.63) is 70.8 Å². The molecule has 0 radical (unpaired) electrons. The molecule has 0 bridgehead atoms. The van der Waals surface area contributed by atoms with Crippen LogP contribution in [0.5, 0.6) is 0 Å². The van der Waals surface area contributed by atoms with Crippen molar-refractivity contribution in [2.24, 2.45) is 0 Å². The molecule has 4 aromatic heterocycles. The van der Waals surface area contributed by atoms with Crippen LogP contribution in [0, 0.1) is 27.7 Å². The predicted octanol–water partition coefficient (Wildman–Crippen LogP) is 3.66. The van der Waals surface area contributed by atoms with Crippen molar-refractivity contribution < 1.29 is 9.53 Å². The maximum Gasteiger partial charge on any atom is 0.252 e. The van der Waals surface area contributed by atoms with Crippen LogP contribution in [0.15, 0.2) is 42.6 Å². The number of aromatic nitrogens is 6. The quantitative estimate of drug-likeness (QED) is 0.316. The van der Waals surface area contributed by atoms with Crippen molar-refractivity contribution in [1.29, 1.82) is 0 Å². The molecule has 39 heavy (non-hydrogen) atoms. The molecule has 1 fully saturated rings. The Morgan fingerprint density at radius 3 is 2.46 bits per heavy atom. The van der Waals surface area contributed by atoms with E-state index in [-0.39, 0.29) is 5.91 Å². The first-order chi connectivity index (χ1) is 18.7. The summed E-state index contributed by atoms with van der Waals surface area (Å²) in [5.41, 5.74) is 4.06. The molecule has 11 heteroatoms. The lowest BCUT2D eigenvalue weighted by molar-refractivity contribution is -0.146. The van der Waals surface area contributed by atoms with E-state index < -0.39 is 5.60 Å². The number of rotatable bonds is 8. The van der Waals surface area contributed by atoms with Crippen molar-refractivity contribution in [1.82, 2.24) is 35.3 Å². The Morgan fingerprint density at radius 2 is 1.85 bits per heavy atom. The first kappa shape index (κ1) is 26.4. The van der Waals surface area contributed by atoms with Crippen molar-refractivity contribution in [3.8, 4) is 5.82 Å². The molecule has 1 amide bonds. The first-order valence-corrected chi connectivity index (χ1v) is 13.1. The summed E-state index contributed by atoms with van der Waals surface area (Å²) >= 11 is 0. The highest BCUT2D eigenvalue weighted by Crippen LogP contribution is 2.30. The van der Waals surface area contributed by atoms with Gasteiger partial charge >= 0.3 is 0 Å². The van der Waals surface area contributed by atoms with Gasteiger partial charge in [0.25, 0.3) is 5.91 Å². The molecule has 5 rings (SSSR count). The second kappa shape index (κ2) is 10.9. The van der Waals surface area contributed by atoms with Gasteiger partial charge in [-0.05, 0) is 63.1 Å². The average Bonchev–Trinajstić information content (AvgIpc) is 3.50. The number of carbonyl (C=O) groups is 1. The molecule has 1 aliphatic heterocycles. The molecule has 0 saturated carbocycles. The van der Waals surface area contributed by atoms with Crippen LogP contribution in [-0.2, 0) is 16.1 Å². The summed E-state index contributed by atoms with van der Waals surface area (Å²) in [6, 6.07) is 11.9. The molecular formula is C28H35N9O2. The number of aromatic amines is 1. The number of anilines is 3. The van der Waals surface area contributed by atoms with Gasteiger partial charge in [-0.2, -0.15) is 10.2 Å². The number of H-pyrrole nitrogens is 1. The first-order valence-electron chi connectivity index (χ1n) is 13.1. The van der Waals surface area contributed by atoms with E-state index in [0.29, 0.717) is 32.5 Å². The number of piperidine rings is 1. The number of nitrogens with one attached hydrogen (secondary N) is 3. The minimum atomic E-state index is -0.884. The largest absolute Gasteiger partial charge is 0.368 e. The van der Waals surface area contributed by atoms with Crippen LogP contribution >= 0.6 is 0 Å². The van der Waals surface area contributed by atoms with Crippen LogP contribution < -0.4 is 15.5 Å². The maximum absolute atomic E-state index is 13.3. The van der Waals surface area contributed by atoms with Gasteiger partial charge in [-0.25, -0.2) is 14.6 Å². The third-order valence-electron chi connectivity index (χ3n) is 7.11. The fourth-order valence-electron chi connectivity index (χ4n) is 4.96. The molecule has 1 saturated heterocycles. The maximum atomic E-state index is 13.3. The molecule has 204 valence electrons. The van der Waals surface area contributed by atoms with Crippen LogP contribution in [0.2, 0.25) is 0 Å². The number of ether oxygens (including phenoxy) is 1. The van der Waals surface area contributed by atoms with Crippen LogP contribution in [-0.4, -0.2) is 61.7 Å². The third-order valence-corrected chi connectivity index (χ3v) is 7.11. The second-order valence-corrected chi connectivity index (χ2v) is 10.2. The number of methoxy groups -OCH3 is 1. The van der Waals surface area contributed by atoms with Gasteiger partial charge in [0.2, 0.25) is 0 Å². The summed E-state index contributed by atoms with van der Waals surface area (Å²) in [6.07, 6.45) is 2.89. The summed E-state index contributed by atoms with van der Waals surface area (Å²) in [6.45, 7) is 9.63. The number of nitrogens with zero attached hydrogens (tertiary/aromatic N) is 6. The minimum Gasteiger partial charge on any atom is -0.368 e. The molecule has 4 aromatic rings. The Balaban J connectivity index is 1.19. The lowest BCUT2D eigenvalue weighted by Gasteiger charge is -2.40. The van der Waals surface area contributed by atoms with Gasteiger partial charge in [-0.1, -0.05) is 6.07 Å². The fraction of sp³-hybridized carbons (Fsp3) is 0.393. The van der Waals surface area contributed by atoms with Gasteiger partial charge in [-0.15, -0.1) is 0 Å². The van der Waals surface area contributed by atoms with E-state index in [1.807, 2.05) is 62.7 Å². The lowest BCUT2D eigenvalue weighted by Crippen LogP contribution is -2.55. The van der Waals surface area contributed by atoms with Crippen molar-refractivity contribution in [3.63, 3.8) is 0 Å². The van der Waals surface area contributed by atoms with Crippen molar-refractivity contribution >= 4 is 23.4 Å². The Hall–Kier alpha value is -4.25. The van der Waals surface area contributed by atoms with Crippen LogP contribution in [0.1, 0.15) is 41.1 Å². The number of hydrogen-bond donors (Lipinski definition) is 3. The average molecular weight is 530 g/mol. The number of carbonyl (C=O) groups excluding carboxylic acids is 1. The topological polar surface area (TPSA) is 126 Å². The zero-order valence-electron chi connectivity index (χ0n) is 23.1. The van der Waals surface area contributed by atoms with E-state index in [4.69, 9.17) is 9.72 Å². The van der Waals surface area contributed by atoms with E-state index in [2.05, 4.69) is 41.9 Å². The molecule has 1 aliphatic rings. The molecule has 0 atom stereocenters. The van der Waals surface area contributed by atoms with E-state index in [0.717, 1.165) is 51.5 Å². The molecule has 0 unspecified atom stereocenters. The zero-order valence-corrected chi connectivity index (χ0v) is 23.1. The Morgan fingerprint density at radius 1 is 1.05 bits per heavy atom. The Bertz CT molecular complexity index is 1450. The molecule has 11 nitrogen and oxygen atoms in total. The molecule has 3 N–H and O–H groups in total. The molecule has 0 aromatic carbocycles. The van der Waals surface area contributed by atoms with Gasteiger partial charge in [0.05, 0.1) is 5.69 Å². The summed E-state index contributed by atoms with van der Waals surface area (Å²) < 4.78 is 7.64. The summed E-state index contributed by atoms with van der Waals surface area (Å²) in [5, 5.41) is 18.0. The van der Waals surface area contributed by atoms with Crippen molar-refractivity contribution in [2.75, 3.05) is 30.4 Å². The Kier molecular flexibility index (Phi) is 7.34. The monoisotopic (exact) mass is 529 g/mol. The summed E-state index contributed by atoms with van der Waals surface area (Å²) in [5.74, 6) is 2.96. The normalized spacial score (nSPS) is 14.8. The number of aryl methyl sites for hydroxylation is 4. The van der Waals surface area contributed by atoms with Crippen LogP contribution in [0.4, 0.5) is 17.5 Å². The van der Waals surface area contributed by atoms with E-state index in [1.165, 1.54) is 0 Å². The number of hydrogen-bond acceptors (Lipinski definition) is 8.